The molecule has 0 aliphatic rings. The van der Waals surface area contributed by atoms with E-state index in [2.05, 4.69) is 37.4 Å². The van der Waals surface area contributed by atoms with E-state index in [-0.39, 0.29) is 11.8 Å². The highest BCUT2D eigenvalue weighted by Gasteiger charge is 2.25. The summed E-state index contributed by atoms with van der Waals surface area (Å²) < 4.78 is 0. The first-order valence-electron chi connectivity index (χ1n) is 9.66. The minimum absolute atomic E-state index is 0.0167. The van der Waals surface area contributed by atoms with Gasteiger partial charge in [-0.05, 0) is 38.8 Å². The molecule has 0 aliphatic carbocycles. The topological polar surface area (TPSA) is 49.4 Å². The van der Waals surface area contributed by atoms with Crippen molar-refractivity contribution in [1.82, 2.24) is 10.2 Å². The summed E-state index contributed by atoms with van der Waals surface area (Å²) in [5.41, 5.74) is 4.71. The zero-order valence-electron chi connectivity index (χ0n) is 17.2. The monoisotopic (exact) mass is 398 g/mol. The predicted octanol–water partition coefficient (Wildman–Crippen LogP) is 4.09. The van der Waals surface area contributed by atoms with Gasteiger partial charge in [-0.2, -0.15) is 0 Å². The molecule has 0 unspecified atom stereocenters. The number of amides is 2. The lowest BCUT2D eigenvalue weighted by Gasteiger charge is -2.28. The van der Waals surface area contributed by atoms with E-state index in [0.717, 1.165) is 11.3 Å². The lowest BCUT2D eigenvalue weighted by molar-refractivity contribution is -0.138. The van der Waals surface area contributed by atoms with Crippen molar-refractivity contribution >= 4 is 23.6 Å². The molecule has 2 amide bonds. The average molecular weight is 399 g/mol. The summed E-state index contributed by atoms with van der Waals surface area (Å²) in [4.78, 5) is 27.0. The number of aryl methyl sites for hydroxylation is 2. The molecule has 0 heterocycles. The minimum Gasteiger partial charge on any atom is -0.355 e. The minimum atomic E-state index is -0.505. The summed E-state index contributed by atoms with van der Waals surface area (Å²) in [5, 5.41) is 2.82. The fourth-order valence-electron chi connectivity index (χ4n) is 3.18. The van der Waals surface area contributed by atoms with E-state index < -0.39 is 6.04 Å². The van der Waals surface area contributed by atoms with Crippen LogP contribution >= 0.6 is 11.8 Å². The van der Waals surface area contributed by atoms with Crippen molar-refractivity contribution < 1.29 is 9.59 Å². The maximum absolute atomic E-state index is 12.9. The Morgan fingerprint density at radius 3 is 2.29 bits per heavy atom. The van der Waals surface area contributed by atoms with Gasteiger partial charge in [-0.25, -0.2) is 0 Å². The number of likely N-dealkylation sites (N-methyl/N-ethyl adjacent to an activating group) is 1. The second-order valence-electron chi connectivity index (χ2n) is 7.07. The Kier molecular flexibility index (Phi) is 8.58. The third kappa shape index (κ3) is 6.71. The Morgan fingerprint density at radius 2 is 1.68 bits per heavy atom. The number of hydrogen-bond donors (Lipinski definition) is 1. The van der Waals surface area contributed by atoms with Gasteiger partial charge >= 0.3 is 0 Å². The van der Waals surface area contributed by atoms with Crippen LogP contribution in [0.15, 0.2) is 48.5 Å². The van der Waals surface area contributed by atoms with Crippen molar-refractivity contribution in [3.8, 4) is 0 Å². The largest absolute Gasteiger partial charge is 0.355 e. The van der Waals surface area contributed by atoms with Gasteiger partial charge in [-0.1, -0.05) is 59.7 Å². The summed E-state index contributed by atoms with van der Waals surface area (Å²) >= 11 is 1.59. The first kappa shape index (κ1) is 22.0. The number of hydrogen-bond acceptors (Lipinski definition) is 3. The van der Waals surface area contributed by atoms with Crippen molar-refractivity contribution in [3.05, 3.63) is 70.8 Å². The van der Waals surface area contributed by atoms with Crippen LogP contribution < -0.4 is 5.32 Å². The standard InChI is InChI=1S/C23H30N2O2S/c1-5-24-23(27)19(4)25(14-20-9-7-6-8-10-20)22(26)16-28-15-21-12-17(2)11-18(3)13-21/h6-13,19H,5,14-16H2,1-4H3,(H,24,27)/t19-/m0/s1. The highest BCUT2D eigenvalue weighted by Crippen LogP contribution is 2.18. The quantitative estimate of drug-likeness (QED) is 0.692. The van der Waals surface area contributed by atoms with Crippen LogP contribution in [0.2, 0.25) is 0 Å². The van der Waals surface area contributed by atoms with Gasteiger partial charge in [0, 0.05) is 18.8 Å². The van der Waals surface area contributed by atoms with Gasteiger partial charge in [0.05, 0.1) is 5.75 Å². The predicted molar refractivity (Wildman–Crippen MR) is 117 cm³/mol. The highest BCUT2D eigenvalue weighted by atomic mass is 32.2. The molecule has 28 heavy (non-hydrogen) atoms. The molecule has 0 aromatic heterocycles. The zero-order valence-corrected chi connectivity index (χ0v) is 18.0. The van der Waals surface area contributed by atoms with Gasteiger partial charge in [0.1, 0.15) is 6.04 Å². The first-order chi connectivity index (χ1) is 13.4. The van der Waals surface area contributed by atoms with Gasteiger partial charge in [0.25, 0.3) is 0 Å². The van der Waals surface area contributed by atoms with E-state index in [1.165, 1.54) is 16.7 Å². The third-order valence-electron chi connectivity index (χ3n) is 4.49. The second kappa shape index (κ2) is 10.9. The number of thioether (sulfide) groups is 1. The summed E-state index contributed by atoms with van der Waals surface area (Å²) in [6.45, 7) is 8.83. The van der Waals surface area contributed by atoms with Gasteiger partial charge in [-0.3, -0.25) is 9.59 Å². The molecule has 0 saturated heterocycles. The Hall–Kier alpha value is -2.27. The smallest absolute Gasteiger partial charge is 0.242 e. The molecule has 1 N–H and O–H groups in total. The van der Waals surface area contributed by atoms with E-state index in [0.29, 0.717) is 18.8 Å². The normalized spacial score (nSPS) is 11.7. The van der Waals surface area contributed by atoms with Crippen LogP contribution in [-0.4, -0.2) is 35.1 Å². The van der Waals surface area contributed by atoms with Crippen molar-refractivity contribution in [2.45, 2.75) is 46.0 Å². The van der Waals surface area contributed by atoms with Crippen LogP contribution in [0.5, 0.6) is 0 Å². The van der Waals surface area contributed by atoms with Crippen molar-refractivity contribution in [2.24, 2.45) is 0 Å². The molecule has 1 atom stereocenters. The molecule has 2 rings (SSSR count). The molecule has 2 aromatic rings. The lowest BCUT2D eigenvalue weighted by Crippen LogP contribution is -2.48. The zero-order chi connectivity index (χ0) is 20.5. The van der Waals surface area contributed by atoms with Crippen LogP contribution in [0.3, 0.4) is 0 Å². The SMILES string of the molecule is CCNC(=O)[C@H](C)N(Cc1ccccc1)C(=O)CSCc1cc(C)cc(C)c1. The lowest BCUT2D eigenvalue weighted by atomic mass is 10.1. The van der Waals surface area contributed by atoms with Crippen LogP contribution in [0, 0.1) is 13.8 Å². The highest BCUT2D eigenvalue weighted by molar-refractivity contribution is 7.99. The van der Waals surface area contributed by atoms with Gasteiger partial charge < -0.3 is 10.2 Å². The number of nitrogens with one attached hydrogen (secondary N) is 1. The summed E-state index contributed by atoms with van der Waals surface area (Å²) in [6.07, 6.45) is 0. The van der Waals surface area contributed by atoms with E-state index >= 15 is 0 Å². The fraction of sp³-hybridized carbons (Fsp3) is 0.391. The number of carbonyl (C=O) groups excluding carboxylic acids is 2. The van der Waals surface area contributed by atoms with Gasteiger partial charge in [-0.15, -0.1) is 11.8 Å². The molecule has 0 saturated carbocycles. The summed E-state index contributed by atoms with van der Waals surface area (Å²) in [6, 6.07) is 15.8. The Balaban J connectivity index is 2.03. The maximum Gasteiger partial charge on any atom is 0.242 e. The maximum atomic E-state index is 12.9. The fourth-order valence-corrected chi connectivity index (χ4v) is 4.02. The molecule has 2 aromatic carbocycles. The molecule has 0 fully saturated rings. The Morgan fingerprint density at radius 1 is 1.04 bits per heavy atom. The molecule has 0 radical (unpaired) electrons. The molecule has 0 bridgehead atoms. The Bertz CT molecular complexity index is 772. The molecular formula is C23H30N2O2S. The number of benzene rings is 2. The summed E-state index contributed by atoms with van der Waals surface area (Å²) in [5.74, 6) is 0.995. The number of rotatable bonds is 9. The van der Waals surface area contributed by atoms with Gasteiger partial charge in [0.2, 0.25) is 11.8 Å². The third-order valence-corrected chi connectivity index (χ3v) is 5.48. The first-order valence-corrected chi connectivity index (χ1v) is 10.8. The van der Waals surface area contributed by atoms with E-state index in [9.17, 15) is 9.59 Å². The average Bonchev–Trinajstić information content (AvgIpc) is 2.65. The van der Waals surface area contributed by atoms with E-state index in [1.54, 1.807) is 23.6 Å². The van der Waals surface area contributed by atoms with Crippen LogP contribution in [0.25, 0.3) is 0 Å². The summed E-state index contributed by atoms with van der Waals surface area (Å²) in [7, 11) is 0. The second-order valence-corrected chi connectivity index (χ2v) is 8.05. The molecular weight excluding hydrogens is 368 g/mol. The van der Waals surface area contributed by atoms with Crippen LogP contribution in [0.4, 0.5) is 0 Å². The number of carbonyl (C=O) groups is 2. The molecule has 5 heteroatoms. The number of nitrogens with zero attached hydrogens (tertiary/aromatic N) is 1. The molecule has 150 valence electrons. The van der Waals surface area contributed by atoms with Crippen molar-refractivity contribution in [1.29, 1.82) is 0 Å². The van der Waals surface area contributed by atoms with Crippen molar-refractivity contribution in [3.63, 3.8) is 0 Å². The molecule has 0 aliphatic heterocycles. The Labute approximate surface area is 172 Å². The van der Waals surface area contributed by atoms with E-state index in [4.69, 9.17) is 0 Å². The van der Waals surface area contributed by atoms with Crippen LogP contribution in [0.1, 0.15) is 36.1 Å². The van der Waals surface area contributed by atoms with Crippen LogP contribution in [-0.2, 0) is 21.9 Å². The van der Waals surface area contributed by atoms with Gasteiger partial charge in [0.15, 0.2) is 0 Å². The molecule has 4 nitrogen and oxygen atoms in total. The molecule has 0 spiro atoms. The van der Waals surface area contributed by atoms with Crippen molar-refractivity contribution in [2.75, 3.05) is 12.3 Å². The van der Waals surface area contributed by atoms with E-state index in [1.807, 2.05) is 37.3 Å².